The molecule has 1 unspecified atom stereocenters. The Morgan fingerprint density at radius 3 is 2.76 bits per heavy atom. The van der Waals surface area contributed by atoms with Gasteiger partial charge in [0.25, 0.3) is 0 Å². The number of rotatable bonds is 3. The Morgan fingerprint density at radius 2 is 2.04 bits per heavy atom. The standard InChI is InChI=1S/C22H27NO2/c1-3-17-13-16(15-6-8-18(24)9-7-15)10-11-22(17,2)21-14-19-20(25-21)5-4-12-23-19/h4-9,12,16-17,21,24H,3,10-11,13-14H2,1-2H3/t16-,17-,21?,22-/m0/s1. The maximum absolute atomic E-state index is 9.54. The van der Waals surface area contributed by atoms with Crippen LogP contribution in [0.1, 0.15) is 56.7 Å². The molecule has 0 amide bonds. The van der Waals surface area contributed by atoms with Crippen LogP contribution in [0.3, 0.4) is 0 Å². The Kier molecular flexibility index (Phi) is 4.18. The third-order valence-electron chi connectivity index (χ3n) is 6.62. The van der Waals surface area contributed by atoms with Crippen LogP contribution in [0.2, 0.25) is 0 Å². The number of hydrogen-bond donors (Lipinski definition) is 1. The van der Waals surface area contributed by atoms with Crippen molar-refractivity contribution in [3.63, 3.8) is 0 Å². The van der Waals surface area contributed by atoms with E-state index in [2.05, 4.69) is 37.0 Å². The molecule has 2 aromatic rings. The third kappa shape index (κ3) is 2.90. The molecule has 1 aliphatic carbocycles. The first-order valence-corrected chi connectivity index (χ1v) is 9.49. The van der Waals surface area contributed by atoms with E-state index < -0.39 is 0 Å². The highest BCUT2D eigenvalue weighted by Crippen LogP contribution is 2.53. The van der Waals surface area contributed by atoms with Crippen LogP contribution in [0, 0.1) is 11.3 Å². The Hall–Kier alpha value is -2.03. The van der Waals surface area contributed by atoms with Crippen LogP contribution >= 0.6 is 0 Å². The fraction of sp³-hybridized carbons (Fsp3) is 0.500. The van der Waals surface area contributed by atoms with Gasteiger partial charge in [0.05, 0.1) is 5.69 Å². The number of ether oxygens (including phenoxy) is 1. The number of hydrogen-bond acceptors (Lipinski definition) is 3. The van der Waals surface area contributed by atoms with Crippen LogP contribution in [-0.2, 0) is 6.42 Å². The van der Waals surface area contributed by atoms with Crippen molar-refractivity contribution in [2.75, 3.05) is 0 Å². The summed E-state index contributed by atoms with van der Waals surface area (Å²) >= 11 is 0. The predicted molar refractivity (Wildman–Crippen MR) is 98.9 cm³/mol. The predicted octanol–water partition coefficient (Wildman–Crippen LogP) is 5.09. The second-order valence-corrected chi connectivity index (χ2v) is 7.93. The monoisotopic (exact) mass is 337 g/mol. The molecule has 25 heavy (non-hydrogen) atoms. The number of phenolic OH excluding ortho intramolecular Hbond substituents is 1. The second kappa shape index (κ2) is 6.36. The lowest BCUT2D eigenvalue weighted by molar-refractivity contribution is -0.0133. The van der Waals surface area contributed by atoms with Crippen molar-refractivity contribution in [1.29, 1.82) is 0 Å². The molecule has 0 bridgehead atoms. The van der Waals surface area contributed by atoms with Gasteiger partial charge in [-0.15, -0.1) is 0 Å². The summed E-state index contributed by atoms with van der Waals surface area (Å²) in [5, 5.41) is 9.54. The number of benzene rings is 1. The van der Waals surface area contributed by atoms with Gasteiger partial charge in [-0.25, -0.2) is 0 Å². The SMILES string of the molecule is CC[C@H]1C[C@@H](c2ccc(O)cc2)CC[C@]1(C)C1Cc2ncccc2O1. The minimum atomic E-state index is 0.197. The first-order chi connectivity index (χ1) is 12.1. The normalized spacial score (nSPS) is 31.4. The van der Waals surface area contributed by atoms with Crippen molar-refractivity contribution in [3.8, 4) is 11.5 Å². The van der Waals surface area contributed by atoms with E-state index in [0.29, 0.717) is 17.6 Å². The van der Waals surface area contributed by atoms with Gasteiger partial charge in [-0.2, -0.15) is 0 Å². The zero-order valence-electron chi connectivity index (χ0n) is 15.1. The van der Waals surface area contributed by atoms with E-state index in [1.165, 1.54) is 31.2 Å². The molecule has 1 saturated carbocycles. The van der Waals surface area contributed by atoms with E-state index in [1.54, 1.807) is 0 Å². The summed E-state index contributed by atoms with van der Waals surface area (Å²) in [6, 6.07) is 11.8. The van der Waals surface area contributed by atoms with Gasteiger partial charge < -0.3 is 9.84 Å². The highest BCUT2D eigenvalue weighted by atomic mass is 16.5. The van der Waals surface area contributed by atoms with Gasteiger partial charge in [-0.3, -0.25) is 4.98 Å². The lowest BCUT2D eigenvalue weighted by atomic mass is 9.59. The molecular weight excluding hydrogens is 310 g/mol. The van der Waals surface area contributed by atoms with Gasteiger partial charge in [0, 0.05) is 18.0 Å². The molecule has 1 N–H and O–H groups in total. The fourth-order valence-electron chi connectivity index (χ4n) is 4.95. The van der Waals surface area contributed by atoms with Crippen molar-refractivity contribution >= 4 is 0 Å². The highest BCUT2D eigenvalue weighted by Gasteiger charge is 2.48. The summed E-state index contributed by atoms with van der Waals surface area (Å²) in [7, 11) is 0. The molecule has 0 saturated heterocycles. The topological polar surface area (TPSA) is 42.4 Å². The molecular formula is C22H27NO2. The summed E-state index contributed by atoms with van der Waals surface area (Å²) in [4.78, 5) is 4.51. The fourth-order valence-corrected chi connectivity index (χ4v) is 4.95. The van der Waals surface area contributed by atoms with Crippen molar-refractivity contribution in [1.82, 2.24) is 4.98 Å². The van der Waals surface area contributed by atoms with Gasteiger partial charge in [-0.1, -0.05) is 32.4 Å². The molecule has 2 heterocycles. The molecule has 4 atom stereocenters. The molecule has 0 spiro atoms. The average molecular weight is 337 g/mol. The molecule has 132 valence electrons. The summed E-state index contributed by atoms with van der Waals surface area (Å²) in [5.74, 6) is 2.55. The lowest BCUT2D eigenvalue weighted by Gasteiger charge is -2.47. The van der Waals surface area contributed by atoms with Gasteiger partial charge in [0.1, 0.15) is 17.6 Å². The van der Waals surface area contributed by atoms with Gasteiger partial charge >= 0.3 is 0 Å². The Labute approximate surface area is 150 Å². The van der Waals surface area contributed by atoms with Crippen molar-refractivity contribution in [2.45, 2.75) is 58.0 Å². The van der Waals surface area contributed by atoms with E-state index in [1.807, 2.05) is 24.4 Å². The highest BCUT2D eigenvalue weighted by molar-refractivity contribution is 5.33. The van der Waals surface area contributed by atoms with E-state index in [9.17, 15) is 5.11 Å². The van der Waals surface area contributed by atoms with E-state index in [4.69, 9.17) is 4.74 Å². The quantitative estimate of drug-likeness (QED) is 0.848. The molecule has 1 fully saturated rings. The molecule has 2 aliphatic rings. The molecule has 3 nitrogen and oxygen atoms in total. The number of fused-ring (bicyclic) bond motifs is 1. The van der Waals surface area contributed by atoms with Crippen LogP contribution in [0.25, 0.3) is 0 Å². The molecule has 3 heteroatoms. The maximum Gasteiger partial charge on any atom is 0.141 e. The molecule has 0 radical (unpaired) electrons. The first-order valence-electron chi connectivity index (χ1n) is 9.49. The van der Waals surface area contributed by atoms with E-state index in [0.717, 1.165) is 17.9 Å². The first kappa shape index (κ1) is 16.4. The van der Waals surface area contributed by atoms with Crippen molar-refractivity contribution < 1.29 is 9.84 Å². The second-order valence-electron chi connectivity index (χ2n) is 7.93. The largest absolute Gasteiger partial charge is 0.508 e. The molecule has 1 aliphatic heterocycles. The number of aromatic nitrogens is 1. The number of phenols is 1. The van der Waals surface area contributed by atoms with Crippen LogP contribution in [0.4, 0.5) is 0 Å². The minimum absolute atomic E-state index is 0.197. The molecule has 1 aromatic carbocycles. The average Bonchev–Trinajstić information content (AvgIpc) is 3.08. The number of nitrogens with zero attached hydrogens (tertiary/aromatic N) is 1. The Bertz CT molecular complexity index is 717. The smallest absolute Gasteiger partial charge is 0.141 e. The zero-order chi connectivity index (χ0) is 17.4. The van der Waals surface area contributed by atoms with Crippen LogP contribution < -0.4 is 4.74 Å². The Morgan fingerprint density at radius 1 is 1.24 bits per heavy atom. The van der Waals surface area contributed by atoms with Gasteiger partial charge in [0.15, 0.2) is 0 Å². The lowest BCUT2D eigenvalue weighted by Crippen LogP contribution is -2.45. The zero-order valence-corrected chi connectivity index (χ0v) is 15.1. The number of pyridine rings is 1. The van der Waals surface area contributed by atoms with Crippen molar-refractivity contribution in [2.24, 2.45) is 11.3 Å². The Balaban J connectivity index is 1.53. The van der Waals surface area contributed by atoms with E-state index in [-0.39, 0.29) is 11.5 Å². The molecule has 4 rings (SSSR count). The number of aromatic hydroxyl groups is 1. The van der Waals surface area contributed by atoms with Crippen LogP contribution in [0.5, 0.6) is 11.5 Å². The summed E-state index contributed by atoms with van der Waals surface area (Å²) in [5.41, 5.74) is 2.67. The maximum atomic E-state index is 9.54. The summed E-state index contributed by atoms with van der Waals surface area (Å²) in [6.45, 7) is 4.73. The van der Waals surface area contributed by atoms with Gasteiger partial charge in [0.2, 0.25) is 0 Å². The van der Waals surface area contributed by atoms with E-state index >= 15 is 0 Å². The van der Waals surface area contributed by atoms with Crippen molar-refractivity contribution in [3.05, 3.63) is 53.9 Å². The minimum Gasteiger partial charge on any atom is -0.508 e. The third-order valence-corrected chi connectivity index (χ3v) is 6.62. The summed E-state index contributed by atoms with van der Waals surface area (Å²) < 4.78 is 6.34. The van der Waals surface area contributed by atoms with Gasteiger partial charge in [-0.05, 0) is 60.9 Å². The summed E-state index contributed by atoms with van der Waals surface area (Å²) in [6.07, 6.45) is 7.77. The van der Waals surface area contributed by atoms with Crippen LogP contribution in [0.15, 0.2) is 42.6 Å². The van der Waals surface area contributed by atoms with Crippen LogP contribution in [-0.4, -0.2) is 16.2 Å². The molecule has 1 aromatic heterocycles.